The molecule has 0 bridgehead atoms. The molecular formula is C25H35ClO5. The van der Waals surface area contributed by atoms with Gasteiger partial charge >= 0.3 is 0 Å². The standard InChI is InChI=1S/C25H35ClO5/c1-6-31-20-8-7-14(26)9-15(20)21(22-16(27)10-24(2,3)11-17(22)28)23-18(29)12-25(4,5)13-19(23)30/h7-9,16,18,21-23,27,29H,6,10-13H2,1-5H3/t16-,18-,22-,23-/m0/s1. The third-order valence-electron chi connectivity index (χ3n) is 6.81. The average molecular weight is 451 g/mol. The number of halogens is 1. The van der Waals surface area contributed by atoms with E-state index in [0.717, 1.165) is 0 Å². The summed E-state index contributed by atoms with van der Waals surface area (Å²) in [5.41, 5.74) is -0.0129. The number of carbonyl (C=O) groups excluding carboxylic acids is 2. The molecular weight excluding hydrogens is 416 g/mol. The Morgan fingerprint density at radius 3 is 1.90 bits per heavy atom. The van der Waals surface area contributed by atoms with Gasteiger partial charge < -0.3 is 14.9 Å². The zero-order valence-corrected chi connectivity index (χ0v) is 19.9. The van der Waals surface area contributed by atoms with E-state index in [-0.39, 0.29) is 22.4 Å². The van der Waals surface area contributed by atoms with E-state index in [0.29, 0.717) is 48.6 Å². The number of hydrogen-bond acceptors (Lipinski definition) is 5. The van der Waals surface area contributed by atoms with Crippen molar-refractivity contribution in [2.75, 3.05) is 6.61 Å². The van der Waals surface area contributed by atoms with E-state index < -0.39 is 30.0 Å². The number of Topliss-reactive ketones (excluding diaryl/α,β-unsaturated/α-hetero) is 2. The summed E-state index contributed by atoms with van der Waals surface area (Å²) in [5.74, 6) is -1.92. The first kappa shape index (κ1) is 24.2. The van der Waals surface area contributed by atoms with Crippen molar-refractivity contribution in [3.8, 4) is 5.75 Å². The monoisotopic (exact) mass is 450 g/mol. The van der Waals surface area contributed by atoms with Crippen LogP contribution in [0.4, 0.5) is 0 Å². The van der Waals surface area contributed by atoms with Gasteiger partial charge in [0.25, 0.3) is 0 Å². The smallest absolute Gasteiger partial charge is 0.139 e. The van der Waals surface area contributed by atoms with Crippen LogP contribution in [-0.4, -0.2) is 40.6 Å². The van der Waals surface area contributed by atoms with E-state index in [9.17, 15) is 19.8 Å². The van der Waals surface area contributed by atoms with Gasteiger partial charge in [-0.15, -0.1) is 0 Å². The summed E-state index contributed by atoms with van der Waals surface area (Å²) in [4.78, 5) is 26.7. The maximum absolute atomic E-state index is 13.3. The van der Waals surface area contributed by atoms with E-state index in [1.807, 2.05) is 34.6 Å². The molecule has 0 radical (unpaired) electrons. The van der Waals surface area contributed by atoms with Crippen molar-refractivity contribution < 1.29 is 24.5 Å². The highest BCUT2D eigenvalue weighted by atomic mass is 35.5. The van der Waals surface area contributed by atoms with Crippen molar-refractivity contribution in [2.45, 2.75) is 78.4 Å². The van der Waals surface area contributed by atoms with Crippen molar-refractivity contribution in [1.82, 2.24) is 0 Å². The van der Waals surface area contributed by atoms with Crippen molar-refractivity contribution in [1.29, 1.82) is 0 Å². The Hall–Kier alpha value is -1.43. The third-order valence-corrected chi connectivity index (χ3v) is 7.04. The fraction of sp³-hybridized carbons (Fsp3) is 0.680. The van der Waals surface area contributed by atoms with Gasteiger partial charge in [0.15, 0.2) is 0 Å². The second kappa shape index (κ2) is 8.84. The fourth-order valence-corrected chi connectivity index (χ4v) is 5.88. The Kier molecular flexibility index (Phi) is 6.90. The molecule has 5 nitrogen and oxygen atoms in total. The maximum Gasteiger partial charge on any atom is 0.139 e. The Balaban J connectivity index is 2.15. The molecule has 2 aliphatic carbocycles. The lowest BCUT2D eigenvalue weighted by atomic mass is 9.58. The minimum absolute atomic E-state index is 0.0824. The normalized spacial score (nSPS) is 30.5. The molecule has 0 aromatic heterocycles. The molecule has 31 heavy (non-hydrogen) atoms. The minimum atomic E-state index is -0.912. The summed E-state index contributed by atoms with van der Waals surface area (Å²) in [6, 6.07) is 5.16. The second-order valence-corrected chi connectivity index (χ2v) is 11.3. The van der Waals surface area contributed by atoms with Crippen molar-refractivity contribution >= 4 is 23.2 Å². The van der Waals surface area contributed by atoms with Crippen LogP contribution in [0.5, 0.6) is 5.75 Å². The van der Waals surface area contributed by atoms with Crippen molar-refractivity contribution in [3.05, 3.63) is 28.8 Å². The van der Waals surface area contributed by atoms with Crippen molar-refractivity contribution in [2.24, 2.45) is 22.7 Å². The van der Waals surface area contributed by atoms with Crippen molar-refractivity contribution in [3.63, 3.8) is 0 Å². The molecule has 1 aromatic rings. The van der Waals surface area contributed by atoms with Gasteiger partial charge in [-0.3, -0.25) is 9.59 Å². The molecule has 0 amide bonds. The molecule has 0 heterocycles. The van der Waals surface area contributed by atoms with E-state index in [2.05, 4.69) is 0 Å². The van der Waals surface area contributed by atoms with Gasteiger partial charge in [0, 0.05) is 29.3 Å². The number of hydrogen-bond donors (Lipinski definition) is 2. The van der Waals surface area contributed by atoms with Crippen LogP contribution < -0.4 is 4.74 Å². The van der Waals surface area contributed by atoms with Crippen LogP contribution in [0.1, 0.15) is 71.8 Å². The molecule has 0 saturated heterocycles. The second-order valence-electron chi connectivity index (χ2n) is 10.9. The van der Waals surface area contributed by atoms with Gasteiger partial charge in [-0.2, -0.15) is 0 Å². The molecule has 4 atom stereocenters. The average Bonchev–Trinajstić information content (AvgIpc) is 2.59. The van der Waals surface area contributed by atoms with Crippen LogP contribution in [0.3, 0.4) is 0 Å². The van der Waals surface area contributed by atoms with Gasteiger partial charge in [-0.25, -0.2) is 0 Å². The predicted octanol–water partition coefficient (Wildman–Crippen LogP) is 4.55. The molecule has 2 N–H and O–H groups in total. The first-order chi connectivity index (χ1) is 14.3. The predicted molar refractivity (Wildman–Crippen MR) is 120 cm³/mol. The summed E-state index contributed by atoms with van der Waals surface area (Å²) in [6.45, 7) is 10.1. The first-order valence-electron chi connectivity index (χ1n) is 11.2. The minimum Gasteiger partial charge on any atom is -0.494 e. The number of aliphatic hydroxyl groups excluding tert-OH is 2. The first-order valence-corrected chi connectivity index (χ1v) is 11.6. The van der Waals surface area contributed by atoms with Gasteiger partial charge in [-0.05, 0) is 48.8 Å². The number of ketones is 2. The number of carbonyl (C=O) groups is 2. The molecule has 0 unspecified atom stereocenters. The maximum atomic E-state index is 13.3. The highest BCUT2D eigenvalue weighted by molar-refractivity contribution is 6.30. The molecule has 2 fully saturated rings. The van der Waals surface area contributed by atoms with Crippen LogP contribution in [0.25, 0.3) is 0 Å². The van der Waals surface area contributed by atoms with Gasteiger partial charge in [0.2, 0.25) is 0 Å². The fourth-order valence-electron chi connectivity index (χ4n) is 5.70. The van der Waals surface area contributed by atoms with Crippen LogP contribution in [0.15, 0.2) is 18.2 Å². The zero-order chi connectivity index (χ0) is 23.1. The van der Waals surface area contributed by atoms with Gasteiger partial charge in [-0.1, -0.05) is 39.3 Å². The Morgan fingerprint density at radius 2 is 1.48 bits per heavy atom. The summed E-state index contributed by atoms with van der Waals surface area (Å²) in [6.07, 6.45) is -0.287. The van der Waals surface area contributed by atoms with Crippen LogP contribution >= 0.6 is 11.6 Å². The Labute approximate surface area is 190 Å². The third kappa shape index (κ3) is 5.15. The highest BCUT2D eigenvalue weighted by Crippen LogP contribution is 2.51. The summed E-state index contributed by atoms with van der Waals surface area (Å²) in [5, 5.41) is 22.7. The number of aliphatic hydroxyl groups is 2. The molecule has 2 saturated carbocycles. The van der Waals surface area contributed by atoms with Crippen LogP contribution in [0, 0.1) is 22.7 Å². The summed E-state index contributed by atoms with van der Waals surface area (Å²) in [7, 11) is 0. The lowest BCUT2D eigenvalue weighted by Gasteiger charge is -2.46. The molecule has 6 heteroatoms. The molecule has 2 aliphatic rings. The number of ether oxygens (including phenoxy) is 1. The molecule has 0 spiro atoms. The number of rotatable bonds is 5. The molecule has 3 rings (SSSR count). The van der Waals surface area contributed by atoms with Crippen LogP contribution in [-0.2, 0) is 9.59 Å². The molecule has 172 valence electrons. The van der Waals surface area contributed by atoms with E-state index in [1.165, 1.54) is 0 Å². The van der Waals surface area contributed by atoms with Gasteiger partial charge in [0.1, 0.15) is 17.3 Å². The zero-order valence-electron chi connectivity index (χ0n) is 19.2. The molecule has 0 aliphatic heterocycles. The highest BCUT2D eigenvalue weighted by Gasteiger charge is 2.52. The largest absolute Gasteiger partial charge is 0.494 e. The Bertz CT molecular complexity index is 804. The quantitative estimate of drug-likeness (QED) is 0.687. The lowest BCUT2D eigenvalue weighted by molar-refractivity contribution is -0.144. The van der Waals surface area contributed by atoms with Gasteiger partial charge in [0.05, 0.1) is 30.7 Å². The Morgan fingerprint density at radius 1 is 1.00 bits per heavy atom. The summed E-state index contributed by atoms with van der Waals surface area (Å²) >= 11 is 6.32. The van der Waals surface area contributed by atoms with E-state index in [1.54, 1.807) is 18.2 Å². The summed E-state index contributed by atoms with van der Waals surface area (Å²) < 4.78 is 5.83. The van der Waals surface area contributed by atoms with Crippen LogP contribution in [0.2, 0.25) is 5.02 Å². The SMILES string of the molecule is CCOc1ccc(Cl)cc1C([C@@H]1C(=O)CC(C)(C)C[C@@H]1O)[C@@H]1C(=O)CC(C)(C)C[C@@H]1O. The lowest BCUT2D eigenvalue weighted by Crippen LogP contribution is -2.51. The molecule has 1 aromatic carbocycles. The topological polar surface area (TPSA) is 83.8 Å². The number of benzene rings is 1. The van der Waals surface area contributed by atoms with E-state index >= 15 is 0 Å². The van der Waals surface area contributed by atoms with E-state index in [4.69, 9.17) is 16.3 Å².